The summed E-state index contributed by atoms with van der Waals surface area (Å²) in [5, 5.41) is 18.5. The molecule has 2 amide bonds. The molecule has 0 aliphatic rings. The molecule has 2 unspecified atom stereocenters. The standard InChI is InChI=1S/C32H33F3N6O5S/c1-4-46-31(44)41-47(3,45)26-10-6-9-25(17-26)39-30-36-18-27(29(40-30)37-20(2)19-42)22-11-13-24(14-12-22)38-28(43)16-21-7-5-8-23(15-21)32(33,34)35/h5-15,17-18,20,42H,4,16,19H2,1-3H3,(H,38,43)(H2,36,37,39,40). The first-order valence-electron chi connectivity index (χ1n) is 14.3. The van der Waals surface area contributed by atoms with Crippen LogP contribution in [0, 0.1) is 0 Å². The number of nitrogens with one attached hydrogen (secondary N) is 3. The maximum Gasteiger partial charge on any atom is 0.442 e. The predicted octanol–water partition coefficient (Wildman–Crippen LogP) is 6.49. The fourth-order valence-electron chi connectivity index (χ4n) is 4.31. The van der Waals surface area contributed by atoms with Gasteiger partial charge in [0.2, 0.25) is 11.9 Å². The van der Waals surface area contributed by atoms with E-state index in [9.17, 15) is 32.1 Å². The summed E-state index contributed by atoms with van der Waals surface area (Å²) in [6.07, 6.45) is -2.76. The van der Waals surface area contributed by atoms with E-state index in [2.05, 4.69) is 30.3 Å². The summed E-state index contributed by atoms with van der Waals surface area (Å²) < 4.78 is 60.6. The van der Waals surface area contributed by atoms with Crippen LogP contribution in [0.2, 0.25) is 0 Å². The Morgan fingerprint density at radius 1 is 1.04 bits per heavy atom. The molecule has 0 saturated heterocycles. The van der Waals surface area contributed by atoms with E-state index in [4.69, 9.17) is 4.74 Å². The molecular weight excluding hydrogens is 637 g/mol. The number of anilines is 4. The van der Waals surface area contributed by atoms with Crippen LogP contribution in [-0.2, 0) is 31.9 Å². The van der Waals surface area contributed by atoms with E-state index < -0.39 is 33.5 Å². The molecule has 11 nitrogen and oxygen atoms in total. The fourth-order valence-corrected chi connectivity index (χ4v) is 5.43. The Bertz CT molecular complexity index is 1860. The van der Waals surface area contributed by atoms with Gasteiger partial charge >= 0.3 is 12.3 Å². The molecule has 0 radical (unpaired) electrons. The van der Waals surface area contributed by atoms with Crippen LogP contribution in [0.5, 0.6) is 0 Å². The Hall–Kier alpha value is -5.02. The van der Waals surface area contributed by atoms with Crippen molar-refractivity contribution in [3.63, 3.8) is 0 Å². The van der Waals surface area contributed by atoms with Gasteiger partial charge in [-0.15, -0.1) is 4.36 Å². The summed E-state index contributed by atoms with van der Waals surface area (Å²) in [7, 11) is -3.09. The monoisotopic (exact) mass is 670 g/mol. The van der Waals surface area contributed by atoms with Gasteiger partial charge in [-0.1, -0.05) is 36.4 Å². The van der Waals surface area contributed by atoms with Crippen molar-refractivity contribution in [2.45, 2.75) is 37.4 Å². The molecule has 1 heterocycles. The number of hydrogen-bond acceptors (Lipinski definition) is 9. The highest BCUT2D eigenvalue weighted by Crippen LogP contribution is 2.31. The minimum Gasteiger partial charge on any atom is -0.448 e. The number of aliphatic hydroxyl groups excluding tert-OH is 1. The Morgan fingerprint density at radius 3 is 2.45 bits per heavy atom. The van der Waals surface area contributed by atoms with Crippen molar-refractivity contribution in [3.8, 4) is 11.1 Å². The third-order valence-corrected chi connectivity index (χ3v) is 8.21. The Labute approximate surface area is 269 Å². The predicted molar refractivity (Wildman–Crippen MR) is 173 cm³/mol. The molecule has 2 atom stereocenters. The van der Waals surface area contributed by atoms with Gasteiger partial charge in [0.1, 0.15) is 5.82 Å². The van der Waals surface area contributed by atoms with Crippen LogP contribution in [0.15, 0.2) is 88.3 Å². The van der Waals surface area contributed by atoms with Crippen LogP contribution in [-0.4, -0.2) is 56.8 Å². The third kappa shape index (κ3) is 9.73. The smallest absolute Gasteiger partial charge is 0.442 e. The van der Waals surface area contributed by atoms with Gasteiger partial charge in [-0.2, -0.15) is 18.2 Å². The molecule has 0 spiro atoms. The molecule has 0 fully saturated rings. The van der Waals surface area contributed by atoms with Crippen molar-refractivity contribution in [2.24, 2.45) is 4.36 Å². The summed E-state index contributed by atoms with van der Waals surface area (Å²) in [6.45, 7) is 3.30. The van der Waals surface area contributed by atoms with Crippen LogP contribution in [0.25, 0.3) is 11.1 Å². The number of nitrogens with zero attached hydrogens (tertiary/aromatic N) is 3. The van der Waals surface area contributed by atoms with E-state index >= 15 is 0 Å². The second-order valence-corrected chi connectivity index (χ2v) is 12.7. The van der Waals surface area contributed by atoms with Crippen LogP contribution in [0.4, 0.5) is 41.1 Å². The average Bonchev–Trinajstić information content (AvgIpc) is 3.01. The quantitative estimate of drug-likeness (QED) is 0.140. The van der Waals surface area contributed by atoms with Gasteiger partial charge in [-0.05, 0) is 61.4 Å². The van der Waals surface area contributed by atoms with E-state index in [0.717, 1.165) is 12.1 Å². The number of alkyl halides is 3. The van der Waals surface area contributed by atoms with Gasteiger partial charge in [-0.25, -0.2) is 14.0 Å². The third-order valence-electron chi connectivity index (χ3n) is 6.59. The summed E-state index contributed by atoms with van der Waals surface area (Å²) >= 11 is 0. The van der Waals surface area contributed by atoms with Gasteiger partial charge in [-0.3, -0.25) is 4.79 Å². The molecule has 0 aliphatic carbocycles. The first-order valence-corrected chi connectivity index (χ1v) is 16.3. The van der Waals surface area contributed by atoms with Crippen molar-refractivity contribution >= 4 is 44.9 Å². The first kappa shape index (κ1) is 34.8. The van der Waals surface area contributed by atoms with E-state index in [1.165, 1.54) is 18.4 Å². The molecule has 0 bridgehead atoms. The number of carbonyl (C=O) groups excluding carboxylic acids is 2. The van der Waals surface area contributed by atoms with Crippen LogP contribution < -0.4 is 16.0 Å². The number of carbonyl (C=O) groups is 2. The summed E-state index contributed by atoms with van der Waals surface area (Å²) in [6, 6.07) is 17.4. The minimum absolute atomic E-state index is 0.102. The summed E-state index contributed by atoms with van der Waals surface area (Å²) in [4.78, 5) is 33.6. The van der Waals surface area contributed by atoms with Crippen LogP contribution in [0.3, 0.4) is 0 Å². The van der Waals surface area contributed by atoms with Crippen molar-refractivity contribution < 1.29 is 36.8 Å². The molecule has 248 valence electrons. The zero-order valence-corrected chi connectivity index (χ0v) is 26.5. The number of aromatic nitrogens is 2. The average molecular weight is 671 g/mol. The maximum atomic E-state index is 13.1. The molecule has 47 heavy (non-hydrogen) atoms. The summed E-state index contributed by atoms with van der Waals surface area (Å²) in [5.74, 6) is 0.0903. The number of rotatable bonds is 11. The van der Waals surface area contributed by atoms with E-state index in [1.54, 1.807) is 68.6 Å². The molecule has 4 aromatic rings. The molecule has 15 heteroatoms. The van der Waals surface area contributed by atoms with Crippen molar-refractivity contribution in [1.29, 1.82) is 0 Å². The SMILES string of the molecule is CCOC(=O)N=S(C)(=O)c1cccc(Nc2ncc(-c3ccc(NC(=O)Cc4cccc(C(F)(F)F)c4)cc3)c(NC(C)CO)n2)c1. The second kappa shape index (κ2) is 15.0. The topological polar surface area (TPSA) is 155 Å². The zero-order chi connectivity index (χ0) is 34.2. The van der Waals surface area contributed by atoms with Gasteiger partial charge in [0, 0.05) is 40.3 Å². The van der Waals surface area contributed by atoms with Gasteiger partial charge in [0.15, 0.2) is 0 Å². The van der Waals surface area contributed by atoms with Crippen LogP contribution >= 0.6 is 0 Å². The van der Waals surface area contributed by atoms with Gasteiger partial charge in [0.05, 0.1) is 34.9 Å². The Morgan fingerprint density at radius 2 is 1.77 bits per heavy atom. The molecule has 0 saturated carbocycles. The number of aliphatic hydroxyl groups is 1. The fraction of sp³-hybridized carbons (Fsp3) is 0.250. The lowest BCUT2D eigenvalue weighted by Crippen LogP contribution is -2.21. The number of benzene rings is 3. The molecule has 0 aliphatic heterocycles. The van der Waals surface area contributed by atoms with E-state index in [0.29, 0.717) is 33.2 Å². The highest BCUT2D eigenvalue weighted by Gasteiger charge is 2.30. The Kier molecular flexibility index (Phi) is 11.2. The molecule has 4 N–H and O–H groups in total. The lowest BCUT2D eigenvalue weighted by atomic mass is 10.1. The molecule has 1 aromatic heterocycles. The van der Waals surface area contributed by atoms with E-state index in [1.807, 2.05) is 0 Å². The zero-order valence-electron chi connectivity index (χ0n) is 25.7. The molecule has 3 aromatic carbocycles. The second-order valence-electron chi connectivity index (χ2n) is 10.4. The highest BCUT2D eigenvalue weighted by molar-refractivity contribution is 7.93. The summed E-state index contributed by atoms with van der Waals surface area (Å²) in [5.41, 5.74) is 1.58. The number of ether oxygens (including phenoxy) is 1. The minimum atomic E-state index is -4.50. The van der Waals surface area contributed by atoms with Crippen molar-refractivity contribution in [1.82, 2.24) is 9.97 Å². The van der Waals surface area contributed by atoms with Gasteiger partial charge < -0.3 is 25.8 Å². The number of halogens is 3. The largest absolute Gasteiger partial charge is 0.448 e. The van der Waals surface area contributed by atoms with E-state index in [-0.39, 0.29) is 37.2 Å². The van der Waals surface area contributed by atoms with Crippen molar-refractivity contribution in [3.05, 3.63) is 90.1 Å². The highest BCUT2D eigenvalue weighted by atomic mass is 32.2. The maximum absolute atomic E-state index is 13.1. The normalized spacial score (nSPS) is 13.2. The van der Waals surface area contributed by atoms with Gasteiger partial charge in [0.25, 0.3) is 0 Å². The Balaban J connectivity index is 1.52. The molecular formula is C32H33F3N6O5S. The number of amides is 2. The number of hydrogen-bond donors (Lipinski definition) is 4. The lowest BCUT2D eigenvalue weighted by Gasteiger charge is -2.17. The van der Waals surface area contributed by atoms with Crippen molar-refractivity contribution in [2.75, 3.05) is 35.4 Å². The van der Waals surface area contributed by atoms with Crippen LogP contribution in [0.1, 0.15) is 25.0 Å². The lowest BCUT2D eigenvalue weighted by molar-refractivity contribution is -0.137. The first-order chi connectivity index (χ1) is 22.3. The molecule has 4 rings (SSSR count).